The van der Waals surface area contributed by atoms with Gasteiger partial charge in [-0.3, -0.25) is 4.79 Å². The Labute approximate surface area is 156 Å². The van der Waals surface area contributed by atoms with Gasteiger partial charge in [-0.25, -0.2) is 4.99 Å². The van der Waals surface area contributed by atoms with Crippen LogP contribution < -0.4 is 10.1 Å². The highest BCUT2D eigenvalue weighted by Gasteiger charge is 2.19. The lowest BCUT2D eigenvalue weighted by molar-refractivity contribution is -0.115. The van der Waals surface area contributed by atoms with Crippen molar-refractivity contribution in [1.29, 1.82) is 0 Å². The summed E-state index contributed by atoms with van der Waals surface area (Å²) in [5.41, 5.74) is 2.26. The van der Waals surface area contributed by atoms with E-state index >= 15 is 0 Å². The van der Waals surface area contributed by atoms with Gasteiger partial charge >= 0.3 is 0 Å². The minimum absolute atomic E-state index is 0.216. The molecule has 0 unspecified atom stereocenters. The van der Waals surface area contributed by atoms with Crippen molar-refractivity contribution < 1.29 is 9.53 Å². The third-order valence-corrected chi connectivity index (χ3v) is 4.52. The number of carbonyl (C=O) groups is 1. The van der Waals surface area contributed by atoms with Crippen LogP contribution in [0.3, 0.4) is 0 Å². The molecule has 0 atom stereocenters. The summed E-state index contributed by atoms with van der Waals surface area (Å²) in [5.74, 6) is 1.25. The Hall–Kier alpha value is -2.30. The second-order valence-corrected chi connectivity index (χ2v) is 6.38. The lowest BCUT2D eigenvalue weighted by Gasteiger charge is -2.04. The lowest BCUT2D eigenvalue weighted by atomic mass is 10.1. The number of aliphatic imine (C=N–C) groups is 1. The van der Waals surface area contributed by atoms with E-state index in [1.807, 2.05) is 24.3 Å². The van der Waals surface area contributed by atoms with E-state index in [1.54, 1.807) is 31.4 Å². The molecule has 0 saturated carbocycles. The molecule has 2 aromatic rings. The number of aryl methyl sites for hydroxylation is 1. The SMILES string of the molecule is COc1cccc(CCC2=N/C(=C/c3ccc(Cl)c(Cl)c3)C(=O)N2)c1. The van der Waals surface area contributed by atoms with Gasteiger partial charge in [-0.05, 0) is 47.9 Å². The molecule has 0 fully saturated rings. The molecule has 1 N–H and O–H groups in total. The largest absolute Gasteiger partial charge is 0.497 e. The van der Waals surface area contributed by atoms with Gasteiger partial charge in [-0.1, -0.05) is 41.4 Å². The number of amidine groups is 1. The molecule has 1 aliphatic rings. The number of hydrogen-bond donors (Lipinski definition) is 1. The predicted octanol–water partition coefficient (Wildman–Crippen LogP) is 4.50. The molecule has 0 saturated heterocycles. The lowest BCUT2D eigenvalue weighted by Crippen LogP contribution is -2.24. The number of amides is 1. The number of carbonyl (C=O) groups excluding carboxylic acids is 1. The summed E-state index contributed by atoms with van der Waals surface area (Å²) in [6, 6.07) is 13.0. The van der Waals surface area contributed by atoms with Gasteiger partial charge in [-0.15, -0.1) is 0 Å². The van der Waals surface area contributed by atoms with E-state index in [2.05, 4.69) is 10.3 Å². The molecule has 6 heteroatoms. The molecule has 0 bridgehead atoms. The van der Waals surface area contributed by atoms with Crippen LogP contribution in [0.4, 0.5) is 0 Å². The predicted molar refractivity (Wildman–Crippen MR) is 101 cm³/mol. The smallest absolute Gasteiger partial charge is 0.275 e. The summed E-state index contributed by atoms with van der Waals surface area (Å²) in [7, 11) is 1.64. The summed E-state index contributed by atoms with van der Waals surface area (Å²) < 4.78 is 5.22. The Balaban J connectivity index is 1.71. The molecule has 3 rings (SSSR count). The van der Waals surface area contributed by atoms with Crippen molar-refractivity contribution in [2.45, 2.75) is 12.8 Å². The van der Waals surface area contributed by atoms with Gasteiger partial charge in [0, 0.05) is 6.42 Å². The molecule has 0 spiro atoms. The molecule has 128 valence electrons. The van der Waals surface area contributed by atoms with E-state index < -0.39 is 0 Å². The topological polar surface area (TPSA) is 50.7 Å². The summed E-state index contributed by atoms with van der Waals surface area (Å²) in [4.78, 5) is 16.5. The summed E-state index contributed by atoms with van der Waals surface area (Å²) in [6.45, 7) is 0. The fraction of sp³-hybridized carbons (Fsp3) is 0.158. The standard InChI is InChI=1S/C19H16Cl2N2O2/c1-25-14-4-2-3-12(9-14)6-8-18-22-17(19(24)23-18)11-13-5-7-15(20)16(21)10-13/h2-5,7,9-11H,6,8H2,1H3,(H,22,23,24)/b17-11+. The van der Waals surface area contributed by atoms with Crippen molar-refractivity contribution in [2.75, 3.05) is 7.11 Å². The Bertz CT molecular complexity index is 875. The number of ether oxygens (including phenoxy) is 1. The summed E-state index contributed by atoms with van der Waals surface area (Å²) in [6.07, 6.45) is 3.09. The van der Waals surface area contributed by atoms with E-state index in [-0.39, 0.29) is 5.91 Å². The normalized spacial score (nSPS) is 15.2. The first-order valence-corrected chi connectivity index (χ1v) is 8.49. The van der Waals surface area contributed by atoms with E-state index in [4.69, 9.17) is 27.9 Å². The number of benzene rings is 2. The van der Waals surface area contributed by atoms with Crippen LogP contribution in [0.25, 0.3) is 6.08 Å². The van der Waals surface area contributed by atoms with Crippen molar-refractivity contribution in [3.8, 4) is 5.75 Å². The molecular formula is C19H16Cl2N2O2. The Morgan fingerprint density at radius 3 is 2.72 bits per heavy atom. The first-order chi connectivity index (χ1) is 12.0. The number of nitrogens with zero attached hydrogens (tertiary/aromatic N) is 1. The van der Waals surface area contributed by atoms with Crippen LogP contribution in [-0.4, -0.2) is 18.9 Å². The molecule has 0 radical (unpaired) electrons. The number of halogens is 2. The van der Waals surface area contributed by atoms with Crippen LogP contribution in [0.2, 0.25) is 10.0 Å². The van der Waals surface area contributed by atoms with Crippen LogP contribution in [0.15, 0.2) is 53.2 Å². The Kier molecular flexibility index (Phi) is 5.41. The van der Waals surface area contributed by atoms with Crippen molar-refractivity contribution in [2.24, 2.45) is 4.99 Å². The van der Waals surface area contributed by atoms with Crippen LogP contribution in [-0.2, 0) is 11.2 Å². The third-order valence-electron chi connectivity index (χ3n) is 3.78. The molecular weight excluding hydrogens is 359 g/mol. The van der Waals surface area contributed by atoms with Crippen LogP contribution in [0, 0.1) is 0 Å². The minimum atomic E-state index is -0.216. The van der Waals surface area contributed by atoms with E-state index in [1.165, 1.54) is 0 Å². The van der Waals surface area contributed by atoms with Crippen molar-refractivity contribution >= 4 is 41.0 Å². The van der Waals surface area contributed by atoms with Gasteiger partial charge < -0.3 is 10.1 Å². The van der Waals surface area contributed by atoms with E-state index in [9.17, 15) is 4.79 Å². The molecule has 0 aliphatic carbocycles. The maximum atomic E-state index is 12.1. The van der Waals surface area contributed by atoms with Gasteiger partial charge in [-0.2, -0.15) is 0 Å². The highest BCUT2D eigenvalue weighted by atomic mass is 35.5. The Morgan fingerprint density at radius 1 is 1.12 bits per heavy atom. The molecule has 1 amide bonds. The quantitative estimate of drug-likeness (QED) is 0.783. The van der Waals surface area contributed by atoms with Crippen LogP contribution in [0.5, 0.6) is 5.75 Å². The minimum Gasteiger partial charge on any atom is -0.497 e. The van der Waals surface area contributed by atoms with Crippen molar-refractivity contribution in [1.82, 2.24) is 5.32 Å². The van der Waals surface area contributed by atoms with E-state index in [0.29, 0.717) is 28.0 Å². The van der Waals surface area contributed by atoms with Crippen molar-refractivity contribution in [3.63, 3.8) is 0 Å². The number of rotatable bonds is 5. The first kappa shape index (κ1) is 17.5. The zero-order chi connectivity index (χ0) is 17.8. The van der Waals surface area contributed by atoms with E-state index in [0.717, 1.165) is 23.3 Å². The number of nitrogens with one attached hydrogen (secondary N) is 1. The van der Waals surface area contributed by atoms with Crippen LogP contribution >= 0.6 is 23.2 Å². The van der Waals surface area contributed by atoms with Gasteiger partial charge in [0.1, 0.15) is 17.3 Å². The van der Waals surface area contributed by atoms with Crippen molar-refractivity contribution in [3.05, 3.63) is 69.3 Å². The third kappa shape index (κ3) is 4.41. The highest BCUT2D eigenvalue weighted by Crippen LogP contribution is 2.24. The highest BCUT2D eigenvalue weighted by molar-refractivity contribution is 6.42. The summed E-state index contributed by atoms with van der Waals surface area (Å²) in [5, 5.41) is 3.72. The van der Waals surface area contributed by atoms with Gasteiger partial charge in [0.05, 0.1) is 17.2 Å². The maximum absolute atomic E-state index is 12.1. The van der Waals surface area contributed by atoms with Gasteiger partial charge in [0.15, 0.2) is 0 Å². The van der Waals surface area contributed by atoms with Gasteiger partial charge in [0.25, 0.3) is 5.91 Å². The molecule has 2 aromatic carbocycles. The fourth-order valence-corrected chi connectivity index (χ4v) is 2.79. The Morgan fingerprint density at radius 2 is 1.96 bits per heavy atom. The number of methoxy groups -OCH3 is 1. The number of hydrogen-bond acceptors (Lipinski definition) is 3. The zero-order valence-electron chi connectivity index (χ0n) is 13.6. The molecule has 25 heavy (non-hydrogen) atoms. The average Bonchev–Trinajstić information content (AvgIpc) is 2.96. The zero-order valence-corrected chi connectivity index (χ0v) is 15.1. The fourth-order valence-electron chi connectivity index (χ4n) is 2.49. The van der Waals surface area contributed by atoms with Gasteiger partial charge in [0.2, 0.25) is 0 Å². The molecule has 4 nitrogen and oxygen atoms in total. The van der Waals surface area contributed by atoms with Crippen LogP contribution in [0.1, 0.15) is 17.5 Å². The maximum Gasteiger partial charge on any atom is 0.275 e. The average molecular weight is 375 g/mol. The monoisotopic (exact) mass is 374 g/mol. The molecule has 1 aliphatic heterocycles. The molecule has 0 aromatic heterocycles. The molecule has 1 heterocycles. The second kappa shape index (κ2) is 7.72. The summed E-state index contributed by atoms with van der Waals surface area (Å²) >= 11 is 11.9. The second-order valence-electron chi connectivity index (χ2n) is 5.57. The first-order valence-electron chi connectivity index (χ1n) is 7.74.